The number of rotatable bonds is 4. The van der Waals surface area contributed by atoms with Gasteiger partial charge in [0, 0.05) is 31.0 Å². The summed E-state index contributed by atoms with van der Waals surface area (Å²) in [4.78, 5) is 11.0. The molecule has 2 aromatic rings. The quantitative estimate of drug-likeness (QED) is 0.911. The van der Waals surface area contributed by atoms with Crippen LogP contribution in [-0.4, -0.2) is 23.6 Å². The van der Waals surface area contributed by atoms with E-state index in [1.165, 1.54) is 5.56 Å². The molecule has 1 aromatic carbocycles. The average molecular weight is 256 g/mol. The van der Waals surface area contributed by atoms with Crippen LogP contribution < -0.4 is 10.2 Å². The van der Waals surface area contributed by atoms with E-state index in [1.54, 1.807) is 0 Å². The van der Waals surface area contributed by atoms with E-state index in [1.807, 2.05) is 39.2 Å². The van der Waals surface area contributed by atoms with Gasteiger partial charge in [0.25, 0.3) is 0 Å². The zero-order valence-electron chi connectivity index (χ0n) is 11.9. The van der Waals surface area contributed by atoms with Crippen molar-refractivity contribution in [2.45, 2.75) is 20.8 Å². The zero-order valence-corrected chi connectivity index (χ0v) is 11.9. The van der Waals surface area contributed by atoms with E-state index in [4.69, 9.17) is 0 Å². The first kappa shape index (κ1) is 13.3. The van der Waals surface area contributed by atoms with Crippen LogP contribution in [0.4, 0.5) is 17.5 Å². The first-order valence-electron chi connectivity index (χ1n) is 6.50. The van der Waals surface area contributed by atoms with E-state index in [0.29, 0.717) is 5.95 Å². The van der Waals surface area contributed by atoms with Crippen molar-refractivity contribution in [2.75, 3.05) is 23.8 Å². The van der Waals surface area contributed by atoms with Crippen LogP contribution in [0, 0.1) is 13.8 Å². The Labute approximate surface area is 114 Å². The molecule has 0 saturated heterocycles. The van der Waals surface area contributed by atoms with Crippen molar-refractivity contribution in [1.82, 2.24) is 9.97 Å². The second-order valence-corrected chi connectivity index (χ2v) is 4.58. The Kier molecular flexibility index (Phi) is 4.00. The smallest absolute Gasteiger partial charge is 0.224 e. The minimum Gasteiger partial charge on any atom is -0.354 e. The summed E-state index contributed by atoms with van der Waals surface area (Å²) < 4.78 is 0. The molecule has 1 N–H and O–H groups in total. The topological polar surface area (TPSA) is 41.1 Å². The van der Waals surface area contributed by atoms with Crippen LogP contribution in [0.3, 0.4) is 0 Å². The molecule has 0 spiro atoms. The molecule has 0 bridgehead atoms. The largest absolute Gasteiger partial charge is 0.354 e. The highest BCUT2D eigenvalue weighted by atomic mass is 15.2. The van der Waals surface area contributed by atoms with Gasteiger partial charge in [-0.1, -0.05) is 18.2 Å². The Balaban J connectivity index is 2.40. The third-order valence-corrected chi connectivity index (χ3v) is 3.07. The van der Waals surface area contributed by atoms with Crippen LogP contribution in [0.15, 0.2) is 30.5 Å². The molecule has 0 unspecified atom stereocenters. The second-order valence-electron chi connectivity index (χ2n) is 4.58. The van der Waals surface area contributed by atoms with Crippen LogP contribution >= 0.6 is 0 Å². The number of aryl methyl sites for hydroxylation is 2. The summed E-state index contributed by atoms with van der Waals surface area (Å²) in [5, 5.41) is 3.15. The third kappa shape index (κ3) is 2.84. The van der Waals surface area contributed by atoms with E-state index in [9.17, 15) is 0 Å². The summed E-state index contributed by atoms with van der Waals surface area (Å²) in [5.41, 5.74) is 3.45. The van der Waals surface area contributed by atoms with Crippen LogP contribution in [0.2, 0.25) is 0 Å². The van der Waals surface area contributed by atoms with Crippen molar-refractivity contribution in [3.05, 3.63) is 41.6 Å². The molecule has 100 valence electrons. The number of para-hydroxylation sites is 1. The highest BCUT2D eigenvalue weighted by Crippen LogP contribution is 2.27. The number of hydrogen-bond acceptors (Lipinski definition) is 4. The molecule has 2 rings (SSSR count). The fourth-order valence-corrected chi connectivity index (χ4v) is 2.07. The maximum absolute atomic E-state index is 4.58. The SMILES string of the molecule is CCNc1ncc(C)c(N(C)c2ccccc2C)n1. The first-order chi connectivity index (χ1) is 9.13. The number of benzene rings is 1. The molecule has 0 aliphatic carbocycles. The maximum Gasteiger partial charge on any atom is 0.224 e. The first-order valence-corrected chi connectivity index (χ1v) is 6.50. The lowest BCUT2D eigenvalue weighted by Crippen LogP contribution is -2.15. The van der Waals surface area contributed by atoms with Crippen molar-refractivity contribution < 1.29 is 0 Å². The number of hydrogen-bond donors (Lipinski definition) is 1. The molecule has 0 aliphatic heterocycles. The molecule has 0 aliphatic rings. The van der Waals surface area contributed by atoms with Gasteiger partial charge in [0.15, 0.2) is 0 Å². The van der Waals surface area contributed by atoms with Crippen molar-refractivity contribution in [3.63, 3.8) is 0 Å². The van der Waals surface area contributed by atoms with Crippen molar-refractivity contribution in [1.29, 1.82) is 0 Å². The molecule has 0 fully saturated rings. The van der Waals surface area contributed by atoms with E-state index in [0.717, 1.165) is 23.6 Å². The molecule has 0 amide bonds. The second kappa shape index (κ2) is 5.69. The van der Waals surface area contributed by atoms with Crippen LogP contribution in [0.1, 0.15) is 18.1 Å². The molecule has 0 radical (unpaired) electrons. The van der Waals surface area contributed by atoms with Crippen LogP contribution in [0.25, 0.3) is 0 Å². The van der Waals surface area contributed by atoms with Crippen molar-refractivity contribution in [2.24, 2.45) is 0 Å². The molecule has 4 heteroatoms. The standard InChI is InChI=1S/C15H20N4/c1-5-16-15-17-10-12(3)14(18-15)19(4)13-9-7-6-8-11(13)2/h6-10H,5H2,1-4H3,(H,16,17,18). The molecule has 19 heavy (non-hydrogen) atoms. The highest BCUT2D eigenvalue weighted by molar-refractivity contribution is 5.65. The van der Waals surface area contributed by atoms with Gasteiger partial charge in [-0.2, -0.15) is 4.98 Å². The molecular weight excluding hydrogens is 236 g/mol. The molecule has 1 heterocycles. The Morgan fingerprint density at radius 2 is 1.89 bits per heavy atom. The van der Waals surface area contributed by atoms with E-state index in [-0.39, 0.29) is 0 Å². The van der Waals surface area contributed by atoms with Gasteiger partial charge < -0.3 is 10.2 Å². The maximum atomic E-state index is 4.58. The van der Waals surface area contributed by atoms with Gasteiger partial charge >= 0.3 is 0 Å². The Morgan fingerprint density at radius 1 is 1.16 bits per heavy atom. The third-order valence-electron chi connectivity index (χ3n) is 3.07. The predicted molar refractivity (Wildman–Crippen MR) is 80.2 cm³/mol. The summed E-state index contributed by atoms with van der Waals surface area (Å²) in [7, 11) is 2.04. The van der Waals surface area contributed by atoms with Gasteiger partial charge in [-0.25, -0.2) is 4.98 Å². The van der Waals surface area contributed by atoms with Gasteiger partial charge in [-0.15, -0.1) is 0 Å². The monoisotopic (exact) mass is 256 g/mol. The minimum absolute atomic E-state index is 0.670. The summed E-state index contributed by atoms with van der Waals surface area (Å²) in [6, 6.07) is 8.29. The van der Waals surface area contributed by atoms with E-state index >= 15 is 0 Å². The summed E-state index contributed by atoms with van der Waals surface area (Å²) in [6.07, 6.45) is 1.86. The fourth-order valence-electron chi connectivity index (χ4n) is 2.07. The highest BCUT2D eigenvalue weighted by Gasteiger charge is 2.11. The minimum atomic E-state index is 0.670. The Hall–Kier alpha value is -2.10. The molecular formula is C15H20N4. The lowest BCUT2D eigenvalue weighted by atomic mass is 10.2. The molecule has 1 aromatic heterocycles. The number of nitrogens with zero attached hydrogens (tertiary/aromatic N) is 3. The summed E-state index contributed by atoms with van der Waals surface area (Å²) in [5.74, 6) is 1.60. The lowest BCUT2D eigenvalue weighted by Gasteiger charge is -2.22. The number of aromatic nitrogens is 2. The Bertz CT molecular complexity index is 566. The van der Waals surface area contributed by atoms with Gasteiger partial charge in [0.1, 0.15) is 5.82 Å². The van der Waals surface area contributed by atoms with Crippen LogP contribution in [0.5, 0.6) is 0 Å². The van der Waals surface area contributed by atoms with Gasteiger partial charge in [0.2, 0.25) is 5.95 Å². The molecule has 4 nitrogen and oxygen atoms in total. The van der Waals surface area contributed by atoms with Crippen molar-refractivity contribution in [3.8, 4) is 0 Å². The number of anilines is 3. The fraction of sp³-hybridized carbons (Fsp3) is 0.333. The lowest BCUT2D eigenvalue weighted by molar-refractivity contribution is 1.02. The van der Waals surface area contributed by atoms with Crippen molar-refractivity contribution >= 4 is 17.5 Å². The summed E-state index contributed by atoms with van der Waals surface area (Å²) in [6.45, 7) is 6.98. The van der Waals surface area contributed by atoms with Gasteiger partial charge in [-0.05, 0) is 32.4 Å². The predicted octanol–water partition coefficient (Wildman–Crippen LogP) is 3.29. The van der Waals surface area contributed by atoms with Gasteiger partial charge in [0.05, 0.1) is 0 Å². The normalized spacial score (nSPS) is 10.3. The van der Waals surface area contributed by atoms with E-state index in [2.05, 4.69) is 39.2 Å². The average Bonchev–Trinajstić information content (AvgIpc) is 2.41. The van der Waals surface area contributed by atoms with E-state index < -0.39 is 0 Å². The Morgan fingerprint density at radius 3 is 2.58 bits per heavy atom. The van der Waals surface area contributed by atoms with Gasteiger partial charge in [-0.3, -0.25) is 0 Å². The number of nitrogens with one attached hydrogen (secondary N) is 1. The molecule has 0 atom stereocenters. The van der Waals surface area contributed by atoms with Crippen LogP contribution in [-0.2, 0) is 0 Å². The zero-order chi connectivity index (χ0) is 13.8. The summed E-state index contributed by atoms with van der Waals surface area (Å²) >= 11 is 0. The molecule has 0 saturated carbocycles.